The third-order valence-electron chi connectivity index (χ3n) is 1.72. The molecule has 0 atom stereocenters. The van der Waals surface area contributed by atoms with E-state index in [1.165, 1.54) is 6.92 Å². The number of carbonyl (C=O) groups excluding carboxylic acids is 1. The van der Waals surface area contributed by atoms with E-state index in [1.54, 1.807) is 0 Å². The number of allylic oxidation sites excluding steroid dienone is 1. The van der Waals surface area contributed by atoms with E-state index in [0.29, 0.717) is 0 Å². The zero-order valence-electron chi connectivity index (χ0n) is 8.94. The Morgan fingerprint density at radius 2 is 2.08 bits per heavy atom. The predicted octanol–water partition coefficient (Wildman–Crippen LogP) is 2.19. The topological polar surface area (TPSA) is 38.3 Å². The Bertz CT molecular complexity index is 197. The van der Waals surface area contributed by atoms with Gasteiger partial charge in [-0.15, -0.1) is 0 Å². The monoisotopic (exact) mass is 185 g/mol. The van der Waals surface area contributed by atoms with Crippen LogP contribution in [0.5, 0.6) is 0 Å². The Kier molecular flexibility index (Phi) is 4.70. The summed E-state index contributed by atoms with van der Waals surface area (Å²) < 4.78 is 0. The van der Waals surface area contributed by atoms with E-state index in [4.69, 9.17) is 4.84 Å². The molecule has 13 heavy (non-hydrogen) atoms. The number of Topliss-reactive ketones (excluding diaryl/α,β-unsaturated/α-hetero) is 1. The quantitative estimate of drug-likeness (QED) is 0.391. The van der Waals surface area contributed by atoms with Crippen molar-refractivity contribution in [1.29, 1.82) is 0 Å². The fourth-order valence-electron chi connectivity index (χ4n) is 0.948. The van der Waals surface area contributed by atoms with Crippen LogP contribution in [0.15, 0.2) is 12.3 Å². The Balaban J connectivity index is 3.87. The number of hydrogen-bond acceptors (Lipinski definition) is 3. The van der Waals surface area contributed by atoms with Gasteiger partial charge in [0, 0.05) is 12.5 Å². The van der Waals surface area contributed by atoms with Gasteiger partial charge in [-0.1, -0.05) is 19.9 Å². The van der Waals surface area contributed by atoms with Crippen LogP contribution >= 0.6 is 0 Å². The number of rotatable bonds is 6. The van der Waals surface area contributed by atoms with Gasteiger partial charge in [-0.25, -0.2) is 0 Å². The highest BCUT2D eigenvalue weighted by atomic mass is 16.7. The first kappa shape index (κ1) is 12.2. The minimum absolute atomic E-state index is 0.118. The molecule has 0 rings (SSSR count). The summed E-state index contributed by atoms with van der Waals surface area (Å²) in [5.74, 6) is 0.00368. The Hall–Kier alpha value is -0.830. The van der Waals surface area contributed by atoms with Crippen LogP contribution < -0.4 is 5.48 Å². The van der Waals surface area contributed by atoms with Crippen molar-refractivity contribution in [3.63, 3.8) is 0 Å². The molecule has 0 aliphatic rings. The molecule has 0 saturated carbocycles. The van der Waals surface area contributed by atoms with Crippen molar-refractivity contribution < 1.29 is 9.63 Å². The van der Waals surface area contributed by atoms with Crippen LogP contribution in [-0.4, -0.2) is 11.3 Å². The van der Waals surface area contributed by atoms with Crippen molar-refractivity contribution in [3.05, 3.63) is 12.3 Å². The van der Waals surface area contributed by atoms with Gasteiger partial charge in [-0.2, -0.15) is 5.48 Å². The molecule has 3 nitrogen and oxygen atoms in total. The maximum Gasteiger partial charge on any atom is 0.196 e. The second-order valence-corrected chi connectivity index (χ2v) is 3.82. The molecule has 0 unspecified atom stereocenters. The molecule has 0 amide bonds. The van der Waals surface area contributed by atoms with E-state index < -0.39 is 0 Å². The number of carbonyl (C=O) groups is 1. The number of ketones is 1. The maximum absolute atomic E-state index is 10.8. The van der Waals surface area contributed by atoms with E-state index >= 15 is 0 Å². The molecule has 0 radical (unpaired) electrons. The highest BCUT2D eigenvalue weighted by Crippen LogP contribution is 2.11. The first-order valence-electron chi connectivity index (χ1n) is 4.53. The van der Waals surface area contributed by atoms with Crippen molar-refractivity contribution in [1.82, 2.24) is 5.48 Å². The van der Waals surface area contributed by atoms with Gasteiger partial charge >= 0.3 is 0 Å². The molecule has 0 aromatic carbocycles. The van der Waals surface area contributed by atoms with Crippen LogP contribution in [0.3, 0.4) is 0 Å². The van der Waals surface area contributed by atoms with Crippen LogP contribution in [0.4, 0.5) is 0 Å². The first-order valence-corrected chi connectivity index (χ1v) is 4.53. The fraction of sp³-hybridized carbons (Fsp3) is 0.700. The van der Waals surface area contributed by atoms with Crippen LogP contribution in [-0.2, 0) is 9.63 Å². The van der Waals surface area contributed by atoms with Crippen LogP contribution in [0.25, 0.3) is 0 Å². The Morgan fingerprint density at radius 3 is 2.46 bits per heavy atom. The summed E-state index contributed by atoms with van der Waals surface area (Å²) in [6, 6.07) is 0. The average molecular weight is 185 g/mol. The summed E-state index contributed by atoms with van der Waals surface area (Å²) in [5, 5.41) is 0. The number of hydroxylamine groups is 1. The summed E-state index contributed by atoms with van der Waals surface area (Å²) in [6.45, 7) is 11.0. The van der Waals surface area contributed by atoms with Crippen molar-refractivity contribution in [2.45, 2.75) is 46.1 Å². The molecule has 0 fully saturated rings. The Labute approximate surface area is 80.1 Å². The molecule has 0 aliphatic heterocycles. The molecule has 0 aromatic heterocycles. The molecule has 3 heteroatoms. The third kappa shape index (κ3) is 5.42. The molecule has 1 N–H and O–H groups in total. The summed E-state index contributed by atoms with van der Waals surface area (Å²) in [7, 11) is 0. The molecule has 0 aromatic rings. The van der Waals surface area contributed by atoms with Crippen molar-refractivity contribution in [2.75, 3.05) is 0 Å². The Morgan fingerprint density at radius 1 is 1.54 bits per heavy atom. The standard InChI is InChI=1S/C10H19NO2/c1-6-7-10(4,5)11-13-9(3)8(2)12/h11H,3,6-7H2,1-2,4-5H3. The molecule has 0 aliphatic carbocycles. The molecule has 0 bridgehead atoms. The highest BCUT2D eigenvalue weighted by Gasteiger charge is 2.17. The normalized spacial score (nSPS) is 11.1. The second-order valence-electron chi connectivity index (χ2n) is 3.82. The molecule has 0 spiro atoms. The van der Waals surface area contributed by atoms with E-state index in [9.17, 15) is 4.79 Å². The van der Waals surface area contributed by atoms with Crippen LogP contribution in [0.1, 0.15) is 40.5 Å². The van der Waals surface area contributed by atoms with Gasteiger partial charge in [0.25, 0.3) is 0 Å². The van der Waals surface area contributed by atoms with Gasteiger partial charge in [0.05, 0.1) is 0 Å². The summed E-state index contributed by atoms with van der Waals surface area (Å²) in [4.78, 5) is 15.8. The lowest BCUT2D eigenvalue weighted by atomic mass is 10.0. The van der Waals surface area contributed by atoms with Crippen molar-refractivity contribution >= 4 is 5.78 Å². The lowest BCUT2D eigenvalue weighted by Gasteiger charge is -2.25. The van der Waals surface area contributed by atoms with Gasteiger partial charge < -0.3 is 4.84 Å². The molecule has 0 heterocycles. The second kappa shape index (κ2) is 5.02. The third-order valence-corrected chi connectivity index (χ3v) is 1.72. The van der Waals surface area contributed by atoms with Crippen molar-refractivity contribution in [2.24, 2.45) is 0 Å². The van der Waals surface area contributed by atoms with Crippen LogP contribution in [0.2, 0.25) is 0 Å². The van der Waals surface area contributed by atoms with Gasteiger partial charge in [0.1, 0.15) is 0 Å². The number of nitrogens with one attached hydrogen (secondary N) is 1. The van der Waals surface area contributed by atoms with Gasteiger partial charge in [-0.3, -0.25) is 4.79 Å². The van der Waals surface area contributed by atoms with E-state index in [-0.39, 0.29) is 17.1 Å². The smallest absolute Gasteiger partial charge is 0.196 e. The minimum atomic E-state index is -0.153. The summed E-state index contributed by atoms with van der Waals surface area (Å²) >= 11 is 0. The molecule has 76 valence electrons. The SMILES string of the molecule is C=C(ONC(C)(C)CCC)C(C)=O. The molecular weight excluding hydrogens is 166 g/mol. The zero-order chi connectivity index (χ0) is 10.5. The minimum Gasteiger partial charge on any atom is -0.405 e. The number of hydrogen-bond donors (Lipinski definition) is 1. The highest BCUT2D eigenvalue weighted by molar-refractivity contribution is 5.90. The van der Waals surface area contributed by atoms with E-state index in [1.807, 2.05) is 13.8 Å². The van der Waals surface area contributed by atoms with Gasteiger partial charge in [0.15, 0.2) is 11.5 Å². The largest absolute Gasteiger partial charge is 0.405 e. The average Bonchev–Trinajstić information content (AvgIpc) is 2.00. The fourth-order valence-corrected chi connectivity index (χ4v) is 0.948. The zero-order valence-corrected chi connectivity index (χ0v) is 8.94. The summed E-state index contributed by atoms with van der Waals surface area (Å²) in [5.41, 5.74) is 2.70. The predicted molar refractivity (Wildman–Crippen MR) is 53.0 cm³/mol. The van der Waals surface area contributed by atoms with Gasteiger partial charge in [-0.05, 0) is 20.3 Å². The maximum atomic E-state index is 10.8. The lowest BCUT2D eigenvalue weighted by Crippen LogP contribution is -2.39. The van der Waals surface area contributed by atoms with Crippen molar-refractivity contribution in [3.8, 4) is 0 Å². The van der Waals surface area contributed by atoms with Gasteiger partial charge in [0.2, 0.25) is 0 Å². The summed E-state index contributed by atoms with van der Waals surface area (Å²) in [6.07, 6.45) is 2.05. The van der Waals surface area contributed by atoms with E-state index in [0.717, 1.165) is 12.8 Å². The first-order chi connectivity index (χ1) is 5.89. The van der Waals surface area contributed by atoms with Crippen LogP contribution in [0, 0.1) is 0 Å². The molecule has 0 saturated heterocycles. The molecular formula is C10H19NO2. The lowest BCUT2D eigenvalue weighted by molar-refractivity contribution is -0.119. The van der Waals surface area contributed by atoms with E-state index in [2.05, 4.69) is 19.0 Å².